The van der Waals surface area contributed by atoms with Crippen molar-refractivity contribution in [1.82, 2.24) is 10.6 Å². The van der Waals surface area contributed by atoms with Crippen LogP contribution in [0.4, 0.5) is 9.59 Å². The summed E-state index contributed by atoms with van der Waals surface area (Å²) in [5, 5.41) is 5.45. The third-order valence-corrected chi connectivity index (χ3v) is 5.76. The van der Waals surface area contributed by atoms with Crippen molar-refractivity contribution in [2.75, 3.05) is 52.7 Å². The van der Waals surface area contributed by atoms with Gasteiger partial charge >= 0.3 is 12.2 Å². The van der Waals surface area contributed by atoms with Crippen molar-refractivity contribution >= 4 is 12.2 Å². The van der Waals surface area contributed by atoms with Gasteiger partial charge in [0.15, 0.2) is 0 Å². The molecule has 9 heteroatoms. The molecule has 0 aliphatic heterocycles. The van der Waals surface area contributed by atoms with Gasteiger partial charge in [-0.05, 0) is 64.2 Å². The van der Waals surface area contributed by atoms with Crippen molar-refractivity contribution in [1.29, 1.82) is 0 Å². The van der Waals surface area contributed by atoms with E-state index in [1.54, 1.807) is 0 Å². The number of hydrogen-bond donors (Lipinski definition) is 2. The molecule has 0 aromatic heterocycles. The van der Waals surface area contributed by atoms with Gasteiger partial charge in [-0.3, -0.25) is 0 Å². The second kappa shape index (κ2) is 20.1. The Labute approximate surface area is 209 Å². The Hall–Kier alpha value is -2.10. The lowest BCUT2D eigenvalue weighted by molar-refractivity contribution is 0.0148. The Kier molecular flexibility index (Phi) is 16.8. The number of rotatable bonds is 14. The fourth-order valence-corrected chi connectivity index (χ4v) is 3.87. The van der Waals surface area contributed by atoms with Crippen molar-refractivity contribution < 1.29 is 33.3 Å². The van der Waals surface area contributed by atoms with E-state index in [1.165, 1.54) is 0 Å². The third kappa shape index (κ3) is 16.2. The molecule has 0 saturated carbocycles. The molecule has 0 aromatic carbocycles. The van der Waals surface area contributed by atoms with Crippen molar-refractivity contribution in [2.45, 2.75) is 76.4 Å². The predicted octanol–water partition coefficient (Wildman–Crippen LogP) is 4.27. The highest BCUT2D eigenvalue weighted by Crippen LogP contribution is 2.16. The minimum Gasteiger partial charge on any atom is -0.446 e. The van der Waals surface area contributed by atoms with E-state index >= 15 is 0 Å². The number of alkyl carbamates (subject to hydrolysis) is 2. The van der Waals surface area contributed by atoms with E-state index in [2.05, 4.69) is 34.9 Å². The van der Waals surface area contributed by atoms with Crippen molar-refractivity contribution in [3.63, 3.8) is 0 Å². The summed E-state index contributed by atoms with van der Waals surface area (Å²) < 4.78 is 27.3. The van der Waals surface area contributed by atoms with Crippen LogP contribution in [-0.4, -0.2) is 77.1 Å². The Balaban J connectivity index is 1.31. The minimum atomic E-state index is -0.378. The van der Waals surface area contributed by atoms with E-state index in [4.69, 9.17) is 23.7 Å². The minimum absolute atomic E-state index is 0.00482. The Morgan fingerprint density at radius 1 is 0.571 bits per heavy atom. The van der Waals surface area contributed by atoms with Crippen LogP contribution in [0.2, 0.25) is 0 Å². The molecular weight excluding hydrogens is 452 g/mol. The molecule has 0 saturated heterocycles. The average molecular weight is 497 g/mol. The van der Waals surface area contributed by atoms with Crippen LogP contribution in [0.1, 0.15) is 64.2 Å². The molecule has 2 N–H and O–H groups in total. The molecule has 0 heterocycles. The highest BCUT2D eigenvalue weighted by atomic mass is 16.6. The smallest absolute Gasteiger partial charge is 0.407 e. The van der Waals surface area contributed by atoms with Gasteiger partial charge in [-0.2, -0.15) is 0 Å². The summed E-state index contributed by atoms with van der Waals surface area (Å²) in [6.45, 7) is 3.40. The van der Waals surface area contributed by atoms with E-state index in [9.17, 15) is 9.59 Å². The first-order valence-corrected chi connectivity index (χ1v) is 13.2. The summed E-state index contributed by atoms with van der Waals surface area (Å²) in [5.41, 5.74) is 0. The third-order valence-electron chi connectivity index (χ3n) is 5.76. The monoisotopic (exact) mass is 496 g/mol. The summed E-state index contributed by atoms with van der Waals surface area (Å²) >= 11 is 0. The lowest BCUT2D eigenvalue weighted by Gasteiger charge is -2.18. The second-order valence-corrected chi connectivity index (χ2v) is 8.70. The van der Waals surface area contributed by atoms with Gasteiger partial charge < -0.3 is 34.3 Å². The summed E-state index contributed by atoms with van der Waals surface area (Å²) in [4.78, 5) is 23.7. The number of nitrogens with one attached hydrogen (secondary N) is 2. The zero-order valence-corrected chi connectivity index (χ0v) is 21.0. The number of carbonyl (C=O) groups excluding carboxylic acids is 2. The molecule has 2 amide bonds. The highest BCUT2D eigenvalue weighted by molar-refractivity contribution is 5.67. The van der Waals surface area contributed by atoms with Crippen molar-refractivity contribution in [3.8, 4) is 0 Å². The Morgan fingerprint density at radius 3 is 1.43 bits per heavy atom. The van der Waals surface area contributed by atoms with E-state index in [-0.39, 0.29) is 24.4 Å². The molecule has 2 aliphatic carbocycles. The van der Waals surface area contributed by atoms with E-state index in [0.29, 0.717) is 52.7 Å². The Morgan fingerprint density at radius 2 is 0.971 bits per heavy atom. The van der Waals surface area contributed by atoms with Crippen LogP contribution in [0.25, 0.3) is 0 Å². The molecule has 0 bridgehead atoms. The van der Waals surface area contributed by atoms with Gasteiger partial charge in [-0.25, -0.2) is 9.59 Å². The van der Waals surface area contributed by atoms with Crippen LogP contribution >= 0.6 is 0 Å². The molecular formula is C26H44N2O7. The quantitative estimate of drug-likeness (QED) is 0.273. The van der Waals surface area contributed by atoms with Gasteiger partial charge in [0.05, 0.1) is 39.6 Å². The molecule has 2 aliphatic rings. The highest BCUT2D eigenvalue weighted by Gasteiger charge is 2.15. The molecule has 0 aromatic rings. The molecule has 9 nitrogen and oxygen atoms in total. The first kappa shape index (κ1) is 29.1. The van der Waals surface area contributed by atoms with Crippen LogP contribution in [0.15, 0.2) is 24.3 Å². The van der Waals surface area contributed by atoms with Gasteiger partial charge in [-0.15, -0.1) is 0 Å². The predicted molar refractivity (Wildman–Crippen MR) is 133 cm³/mol. The molecule has 0 spiro atoms. The maximum absolute atomic E-state index is 11.9. The molecule has 2 atom stereocenters. The maximum atomic E-state index is 11.9. The van der Waals surface area contributed by atoms with Gasteiger partial charge in [0.1, 0.15) is 12.2 Å². The van der Waals surface area contributed by atoms with Crippen LogP contribution in [0.3, 0.4) is 0 Å². The summed E-state index contributed by atoms with van der Waals surface area (Å²) in [7, 11) is 0. The second-order valence-electron chi connectivity index (χ2n) is 8.70. The number of amides is 2. The molecule has 0 radical (unpaired) electrons. The first-order valence-electron chi connectivity index (χ1n) is 13.2. The largest absolute Gasteiger partial charge is 0.446 e. The van der Waals surface area contributed by atoms with E-state index in [1.807, 2.05) is 0 Å². The SMILES string of the molecule is O=C(NCCOCCOCCOCCNC(=O)OC1CC/C=C\CCC1)OC1CC/C=C\CCC1. The maximum Gasteiger partial charge on any atom is 0.407 e. The fourth-order valence-electron chi connectivity index (χ4n) is 3.87. The molecule has 2 unspecified atom stereocenters. The fraction of sp³-hybridized carbons (Fsp3) is 0.769. The van der Waals surface area contributed by atoms with Crippen molar-refractivity contribution in [2.24, 2.45) is 0 Å². The van der Waals surface area contributed by atoms with Gasteiger partial charge in [0.2, 0.25) is 0 Å². The van der Waals surface area contributed by atoms with Gasteiger partial charge in [0.25, 0.3) is 0 Å². The van der Waals surface area contributed by atoms with Crippen LogP contribution in [-0.2, 0) is 23.7 Å². The average Bonchev–Trinajstić information content (AvgIpc) is 2.80. The van der Waals surface area contributed by atoms with Crippen LogP contribution < -0.4 is 10.6 Å². The lowest BCUT2D eigenvalue weighted by Crippen LogP contribution is -2.32. The molecule has 2 rings (SSSR count). The number of allylic oxidation sites excluding steroid dienone is 4. The lowest BCUT2D eigenvalue weighted by atomic mass is 10.0. The summed E-state index contributed by atoms with van der Waals surface area (Å²) in [6, 6.07) is 0. The molecule has 35 heavy (non-hydrogen) atoms. The topological polar surface area (TPSA) is 104 Å². The van der Waals surface area contributed by atoms with Crippen LogP contribution in [0.5, 0.6) is 0 Å². The molecule has 0 fully saturated rings. The van der Waals surface area contributed by atoms with Crippen molar-refractivity contribution in [3.05, 3.63) is 24.3 Å². The standard InChI is InChI=1S/C26H44N2O7/c29-25(34-23-11-7-3-1-4-8-12-23)27-15-17-31-19-21-33-22-20-32-18-16-28-26(30)35-24-13-9-5-2-6-10-14-24/h1-3,5,23-24H,4,6-22H2,(H,27,29)(H,28,30)/b3-1-,5-2-. The first-order chi connectivity index (χ1) is 17.2. The Bertz CT molecular complexity index is 575. The van der Waals surface area contributed by atoms with E-state index in [0.717, 1.165) is 64.2 Å². The zero-order valence-electron chi connectivity index (χ0n) is 21.0. The normalized spacial score (nSPS) is 22.5. The van der Waals surface area contributed by atoms with Gasteiger partial charge in [-0.1, -0.05) is 24.3 Å². The summed E-state index contributed by atoms with van der Waals surface area (Å²) in [5.74, 6) is 0. The summed E-state index contributed by atoms with van der Waals surface area (Å²) in [6.07, 6.45) is 17.6. The van der Waals surface area contributed by atoms with E-state index < -0.39 is 0 Å². The zero-order chi connectivity index (χ0) is 24.8. The number of hydrogen-bond acceptors (Lipinski definition) is 7. The molecule has 200 valence electrons. The van der Waals surface area contributed by atoms with Crippen LogP contribution in [0, 0.1) is 0 Å². The van der Waals surface area contributed by atoms with Gasteiger partial charge in [0, 0.05) is 13.1 Å². The number of ether oxygens (including phenoxy) is 5. The number of carbonyl (C=O) groups is 2.